The summed E-state index contributed by atoms with van der Waals surface area (Å²) in [6.45, 7) is 3.69. The van der Waals surface area contributed by atoms with Crippen molar-refractivity contribution >= 4 is 5.69 Å². The van der Waals surface area contributed by atoms with E-state index >= 15 is 0 Å². The number of aliphatic hydroxyl groups excluding tert-OH is 1. The standard InChI is InChI=1S/C13H15F3N2O3/c1-2-5-17(6-7-19)9-10-3-4-11(18(20)21)8-12(10)13(14,15)16/h2-4,8,19H,1,5-7,9H2. The van der Waals surface area contributed by atoms with Crippen LogP contribution in [0.5, 0.6) is 0 Å². The molecular formula is C13H15F3N2O3. The van der Waals surface area contributed by atoms with Gasteiger partial charge in [0.1, 0.15) is 0 Å². The first kappa shape index (κ1) is 17.1. The molecule has 5 nitrogen and oxygen atoms in total. The van der Waals surface area contributed by atoms with Crippen LogP contribution in [-0.2, 0) is 12.7 Å². The van der Waals surface area contributed by atoms with Gasteiger partial charge in [0.05, 0.1) is 17.1 Å². The van der Waals surface area contributed by atoms with Crippen LogP contribution < -0.4 is 0 Å². The number of hydrogen-bond acceptors (Lipinski definition) is 4. The fourth-order valence-corrected chi connectivity index (χ4v) is 1.88. The maximum atomic E-state index is 13.0. The van der Waals surface area contributed by atoms with Gasteiger partial charge in [-0.2, -0.15) is 13.2 Å². The van der Waals surface area contributed by atoms with E-state index in [1.165, 1.54) is 6.08 Å². The Morgan fingerprint density at radius 2 is 2.10 bits per heavy atom. The normalized spacial score (nSPS) is 11.7. The molecule has 0 aliphatic carbocycles. The van der Waals surface area contributed by atoms with Gasteiger partial charge >= 0.3 is 6.18 Å². The molecule has 8 heteroatoms. The number of nitrogens with zero attached hydrogens (tertiary/aromatic N) is 2. The molecule has 0 aromatic heterocycles. The lowest BCUT2D eigenvalue weighted by Crippen LogP contribution is -2.27. The highest BCUT2D eigenvalue weighted by Crippen LogP contribution is 2.34. The number of nitro benzene ring substituents is 1. The predicted molar refractivity (Wildman–Crippen MR) is 70.7 cm³/mol. The minimum Gasteiger partial charge on any atom is -0.395 e. The van der Waals surface area contributed by atoms with Crippen LogP contribution >= 0.6 is 0 Å². The molecule has 0 unspecified atom stereocenters. The maximum Gasteiger partial charge on any atom is 0.416 e. The van der Waals surface area contributed by atoms with E-state index in [0.717, 1.165) is 12.1 Å². The molecule has 0 radical (unpaired) electrons. The Morgan fingerprint density at radius 1 is 1.43 bits per heavy atom. The highest BCUT2D eigenvalue weighted by atomic mass is 19.4. The first-order chi connectivity index (χ1) is 9.79. The van der Waals surface area contributed by atoms with Gasteiger partial charge in [0, 0.05) is 31.8 Å². The second-order valence-electron chi connectivity index (χ2n) is 4.34. The fourth-order valence-electron chi connectivity index (χ4n) is 1.88. The largest absolute Gasteiger partial charge is 0.416 e. The lowest BCUT2D eigenvalue weighted by Gasteiger charge is -2.21. The summed E-state index contributed by atoms with van der Waals surface area (Å²) in [5.74, 6) is 0. The summed E-state index contributed by atoms with van der Waals surface area (Å²) < 4.78 is 39.0. The summed E-state index contributed by atoms with van der Waals surface area (Å²) in [7, 11) is 0. The predicted octanol–water partition coefficient (Wildman–Crippen LogP) is 2.59. The average molecular weight is 304 g/mol. The Morgan fingerprint density at radius 3 is 2.57 bits per heavy atom. The number of benzene rings is 1. The molecule has 0 saturated heterocycles. The van der Waals surface area contributed by atoms with Gasteiger partial charge in [-0.15, -0.1) is 6.58 Å². The lowest BCUT2D eigenvalue weighted by molar-refractivity contribution is -0.385. The zero-order valence-electron chi connectivity index (χ0n) is 11.1. The summed E-state index contributed by atoms with van der Waals surface area (Å²) in [6, 6.07) is 2.66. The molecule has 0 amide bonds. The Bertz CT molecular complexity index is 518. The van der Waals surface area contributed by atoms with Crippen LogP contribution in [0.2, 0.25) is 0 Å². The second-order valence-corrected chi connectivity index (χ2v) is 4.34. The molecule has 0 heterocycles. The molecule has 0 aliphatic heterocycles. The van der Waals surface area contributed by atoms with E-state index in [0.29, 0.717) is 12.6 Å². The number of rotatable bonds is 7. The van der Waals surface area contributed by atoms with Crippen LogP contribution in [0.25, 0.3) is 0 Å². The molecule has 1 aromatic rings. The summed E-state index contributed by atoms with van der Waals surface area (Å²) in [5.41, 5.74) is -1.73. The number of alkyl halides is 3. The third kappa shape index (κ3) is 4.83. The molecular weight excluding hydrogens is 289 g/mol. The molecule has 1 rings (SSSR count). The van der Waals surface area contributed by atoms with E-state index in [4.69, 9.17) is 5.11 Å². The fraction of sp³-hybridized carbons (Fsp3) is 0.385. The quantitative estimate of drug-likeness (QED) is 0.478. The van der Waals surface area contributed by atoms with Gasteiger partial charge in [0.2, 0.25) is 0 Å². The van der Waals surface area contributed by atoms with Crippen LogP contribution in [-0.4, -0.2) is 34.6 Å². The second kappa shape index (κ2) is 7.19. The number of aliphatic hydroxyl groups is 1. The Kier molecular flexibility index (Phi) is 5.86. The van der Waals surface area contributed by atoms with E-state index < -0.39 is 22.4 Å². The van der Waals surface area contributed by atoms with Crippen molar-refractivity contribution in [3.8, 4) is 0 Å². The zero-order chi connectivity index (χ0) is 16.0. The van der Waals surface area contributed by atoms with E-state index in [-0.39, 0.29) is 25.3 Å². The van der Waals surface area contributed by atoms with Crippen LogP contribution in [0.1, 0.15) is 11.1 Å². The molecule has 1 aromatic carbocycles. The molecule has 0 spiro atoms. The van der Waals surface area contributed by atoms with Crippen molar-refractivity contribution in [2.75, 3.05) is 19.7 Å². The number of hydrogen-bond donors (Lipinski definition) is 1. The van der Waals surface area contributed by atoms with Gasteiger partial charge < -0.3 is 5.11 Å². The van der Waals surface area contributed by atoms with Crippen molar-refractivity contribution in [2.24, 2.45) is 0 Å². The Balaban J connectivity index is 3.15. The third-order valence-electron chi connectivity index (χ3n) is 2.81. The molecule has 0 aliphatic rings. The minimum atomic E-state index is -4.68. The summed E-state index contributed by atoms with van der Waals surface area (Å²) in [6.07, 6.45) is -3.17. The summed E-state index contributed by atoms with van der Waals surface area (Å²) >= 11 is 0. The highest BCUT2D eigenvalue weighted by molar-refractivity contribution is 5.41. The SMILES string of the molecule is C=CCN(CCO)Cc1ccc([N+](=O)[O-])cc1C(F)(F)F. The molecule has 21 heavy (non-hydrogen) atoms. The molecule has 1 N–H and O–H groups in total. The van der Waals surface area contributed by atoms with E-state index in [9.17, 15) is 23.3 Å². The van der Waals surface area contributed by atoms with Gasteiger partial charge in [0.25, 0.3) is 5.69 Å². The zero-order valence-corrected chi connectivity index (χ0v) is 11.1. The van der Waals surface area contributed by atoms with Crippen molar-refractivity contribution in [1.82, 2.24) is 4.90 Å². The Hall–Kier alpha value is -1.93. The first-order valence-electron chi connectivity index (χ1n) is 6.08. The van der Waals surface area contributed by atoms with E-state index in [2.05, 4.69) is 6.58 Å². The topological polar surface area (TPSA) is 66.6 Å². The van der Waals surface area contributed by atoms with Crippen molar-refractivity contribution in [1.29, 1.82) is 0 Å². The number of non-ortho nitro benzene ring substituents is 1. The van der Waals surface area contributed by atoms with E-state index in [1.54, 1.807) is 4.90 Å². The molecule has 0 atom stereocenters. The van der Waals surface area contributed by atoms with Gasteiger partial charge in [-0.3, -0.25) is 15.0 Å². The van der Waals surface area contributed by atoms with Crippen molar-refractivity contribution in [3.63, 3.8) is 0 Å². The number of nitro groups is 1. The highest BCUT2D eigenvalue weighted by Gasteiger charge is 2.35. The maximum absolute atomic E-state index is 13.0. The van der Waals surface area contributed by atoms with Crippen LogP contribution in [0.3, 0.4) is 0 Å². The molecule has 116 valence electrons. The van der Waals surface area contributed by atoms with Gasteiger partial charge in [-0.05, 0) is 5.56 Å². The molecule has 0 bridgehead atoms. The number of halogens is 3. The van der Waals surface area contributed by atoms with E-state index in [1.807, 2.05) is 0 Å². The lowest BCUT2D eigenvalue weighted by atomic mass is 10.1. The molecule has 0 saturated carbocycles. The minimum absolute atomic E-state index is 0.0802. The van der Waals surface area contributed by atoms with Gasteiger partial charge in [-0.1, -0.05) is 12.1 Å². The third-order valence-corrected chi connectivity index (χ3v) is 2.81. The van der Waals surface area contributed by atoms with Crippen LogP contribution in [0, 0.1) is 10.1 Å². The van der Waals surface area contributed by atoms with Crippen LogP contribution in [0.4, 0.5) is 18.9 Å². The average Bonchev–Trinajstić information content (AvgIpc) is 2.38. The van der Waals surface area contributed by atoms with Crippen molar-refractivity contribution in [3.05, 3.63) is 52.1 Å². The first-order valence-corrected chi connectivity index (χ1v) is 6.08. The summed E-state index contributed by atoms with van der Waals surface area (Å²) in [4.78, 5) is 11.3. The van der Waals surface area contributed by atoms with Crippen LogP contribution in [0.15, 0.2) is 30.9 Å². The van der Waals surface area contributed by atoms with Crippen molar-refractivity contribution in [2.45, 2.75) is 12.7 Å². The van der Waals surface area contributed by atoms with Gasteiger partial charge in [-0.25, -0.2) is 0 Å². The van der Waals surface area contributed by atoms with Crippen molar-refractivity contribution < 1.29 is 23.2 Å². The summed E-state index contributed by atoms with van der Waals surface area (Å²) in [5, 5.41) is 19.5. The molecule has 0 fully saturated rings. The van der Waals surface area contributed by atoms with Gasteiger partial charge in [0.15, 0.2) is 0 Å². The Labute approximate surface area is 119 Å². The smallest absolute Gasteiger partial charge is 0.395 e. The monoisotopic (exact) mass is 304 g/mol.